The number of nitrogens with zero attached hydrogens (tertiary/aromatic N) is 3. The number of nitrogens with two attached hydrogens (primary N) is 1. The lowest BCUT2D eigenvalue weighted by Gasteiger charge is -2.03. The topological polar surface area (TPSA) is 75.6 Å². The van der Waals surface area contributed by atoms with Gasteiger partial charge in [-0.15, -0.1) is 0 Å². The van der Waals surface area contributed by atoms with Crippen molar-refractivity contribution in [1.29, 1.82) is 5.26 Å². The zero-order valence-electron chi connectivity index (χ0n) is 8.48. The summed E-state index contributed by atoms with van der Waals surface area (Å²) < 4.78 is 26.2. The third-order valence-corrected chi connectivity index (χ3v) is 2.03. The minimum atomic E-state index is -0.806. The molecule has 6 heteroatoms. The SMILES string of the molecule is N#Cc1cc(N)nc(-c2ccc(F)cc2F)n1. The first-order chi connectivity index (χ1) is 8.10. The van der Waals surface area contributed by atoms with E-state index in [1.54, 1.807) is 6.07 Å². The summed E-state index contributed by atoms with van der Waals surface area (Å²) in [5.41, 5.74) is 5.47. The molecule has 1 aromatic heterocycles. The third kappa shape index (κ3) is 2.18. The molecular formula is C11H6F2N4. The molecule has 1 aromatic carbocycles. The van der Waals surface area contributed by atoms with Crippen molar-refractivity contribution in [3.8, 4) is 17.5 Å². The van der Waals surface area contributed by atoms with Crippen LogP contribution in [0.1, 0.15) is 5.69 Å². The molecule has 2 N–H and O–H groups in total. The molecule has 0 aliphatic rings. The molecule has 0 fully saturated rings. The number of benzene rings is 1. The lowest BCUT2D eigenvalue weighted by atomic mass is 10.2. The van der Waals surface area contributed by atoms with Gasteiger partial charge >= 0.3 is 0 Å². The minimum Gasteiger partial charge on any atom is -0.384 e. The van der Waals surface area contributed by atoms with Crippen LogP contribution in [0.25, 0.3) is 11.4 Å². The van der Waals surface area contributed by atoms with Crippen molar-refractivity contribution >= 4 is 5.82 Å². The van der Waals surface area contributed by atoms with Crippen LogP contribution in [0.2, 0.25) is 0 Å². The van der Waals surface area contributed by atoms with Gasteiger partial charge in [0.1, 0.15) is 29.2 Å². The van der Waals surface area contributed by atoms with Crippen LogP contribution in [0.5, 0.6) is 0 Å². The lowest BCUT2D eigenvalue weighted by Crippen LogP contribution is -1.99. The maximum Gasteiger partial charge on any atom is 0.165 e. The second-order valence-corrected chi connectivity index (χ2v) is 3.24. The smallest absolute Gasteiger partial charge is 0.165 e. The van der Waals surface area contributed by atoms with Crippen LogP contribution in [0.3, 0.4) is 0 Å². The summed E-state index contributed by atoms with van der Waals surface area (Å²) in [4.78, 5) is 7.59. The number of rotatable bonds is 1. The van der Waals surface area contributed by atoms with E-state index in [1.165, 1.54) is 12.1 Å². The molecule has 0 amide bonds. The molecule has 0 atom stereocenters. The number of anilines is 1. The average molecular weight is 232 g/mol. The van der Waals surface area contributed by atoms with Crippen molar-refractivity contribution in [2.45, 2.75) is 0 Å². The zero-order valence-corrected chi connectivity index (χ0v) is 8.48. The molecule has 2 rings (SSSR count). The van der Waals surface area contributed by atoms with Crippen LogP contribution in [0.15, 0.2) is 24.3 Å². The van der Waals surface area contributed by atoms with Gasteiger partial charge in [0, 0.05) is 12.1 Å². The van der Waals surface area contributed by atoms with Crippen molar-refractivity contribution in [3.63, 3.8) is 0 Å². The molecule has 84 valence electrons. The molecular weight excluding hydrogens is 226 g/mol. The van der Waals surface area contributed by atoms with Crippen LogP contribution < -0.4 is 5.73 Å². The Morgan fingerprint density at radius 1 is 1.18 bits per heavy atom. The summed E-state index contributed by atoms with van der Waals surface area (Å²) in [5, 5.41) is 8.70. The van der Waals surface area contributed by atoms with Crippen molar-refractivity contribution in [1.82, 2.24) is 9.97 Å². The maximum atomic E-state index is 13.5. The number of nitrogen functional groups attached to an aromatic ring is 1. The van der Waals surface area contributed by atoms with E-state index in [-0.39, 0.29) is 22.9 Å². The monoisotopic (exact) mass is 232 g/mol. The number of hydrogen-bond donors (Lipinski definition) is 1. The Bertz CT molecular complexity index is 619. The highest BCUT2D eigenvalue weighted by atomic mass is 19.1. The summed E-state index contributed by atoms with van der Waals surface area (Å²) in [6.07, 6.45) is 0. The van der Waals surface area contributed by atoms with Gasteiger partial charge in [-0.25, -0.2) is 18.7 Å². The van der Waals surface area contributed by atoms with Crippen molar-refractivity contribution in [2.24, 2.45) is 0 Å². The summed E-state index contributed by atoms with van der Waals surface area (Å²) in [5.74, 6) is -1.50. The Morgan fingerprint density at radius 3 is 2.59 bits per heavy atom. The molecule has 0 radical (unpaired) electrons. The van der Waals surface area contributed by atoms with Gasteiger partial charge in [-0.1, -0.05) is 0 Å². The number of nitriles is 1. The Hall–Kier alpha value is -2.55. The van der Waals surface area contributed by atoms with Crippen LogP contribution in [0.4, 0.5) is 14.6 Å². The highest BCUT2D eigenvalue weighted by Crippen LogP contribution is 2.21. The number of halogens is 2. The Morgan fingerprint density at radius 2 is 1.94 bits per heavy atom. The van der Waals surface area contributed by atoms with E-state index in [4.69, 9.17) is 11.0 Å². The van der Waals surface area contributed by atoms with Crippen LogP contribution >= 0.6 is 0 Å². The number of aromatic nitrogens is 2. The van der Waals surface area contributed by atoms with Crippen LogP contribution in [-0.4, -0.2) is 9.97 Å². The Labute approximate surface area is 95.4 Å². The van der Waals surface area contributed by atoms with Crippen LogP contribution in [-0.2, 0) is 0 Å². The second-order valence-electron chi connectivity index (χ2n) is 3.24. The first-order valence-electron chi connectivity index (χ1n) is 4.60. The first-order valence-corrected chi connectivity index (χ1v) is 4.60. The highest BCUT2D eigenvalue weighted by molar-refractivity contribution is 5.58. The van der Waals surface area contributed by atoms with Gasteiger partial charge < -0.3 is 5.73 Å². The average Bonchev–Trinajstić information content (AvgIpc) is 2.28. The molecule has 0 aliphatic carbocycles. The van der Waals surface area contributed by atoms with Gasteiger partial charge in [0.25, 0.3) is 0 Å². The van der Waals surface area contributed by atoms with Gasteiger partial charge in [0.15, 0.2) is 5.82 Å². The van der Waals surface area contributed by atoms with E-state index in [0.29, 0.717) is 6.07 Å². The quantitative estimate of drug-likeness (QED) is 0.814. The van der Waals surface area contributed by atoms with Gasteiger partial charge in [-0.3, -0.25) is 0 Å². The maximum absolute atomic E-state index is 13.5. The van der Waals surface area contributed by atoms with Crippen molar-refractivity contribution in [3.05, 3.63) is 41.6 Å². The standard InChI is InChI=1S/C11H6F2N4/c12-6-1-2-8(9(13)3-6)11-16-7(5-14)4-10(15)17-11/h1-4H,(H2,15,16,17). The highest BCUT2D eigenvalue weighted by Gasteiger charge is 2.11. The first kappa shape index (κ1) is 11.0. The van der Waals surface area contributed by atoms with E-state index < -0.39 is 11.6 Å². The van der Waals surface area contributed by atoms with E-state index >= 15 is 0 Å². The van der Waals surface area contributed by atoms with Crippen molar-refractivity contribution < 1.29 is 8.78 Å². The molecule has 0 saturated heterocycles. The molecule has 0 saturated carbocycles. The van der Waals surface area contributed by atoms with E-state index in [0.717, 1.165) is 6.07 Å². The molecule has 17 heavy (non-hydrogen) atoms. The Kier molecular flexibility index (Phi) is 2.66. The summed E-state index contributed by atoms with van der Waals surface area (Å²) >= 11 is 0. The van der Waals surface area contributed by atoms with E-state index in [9.17, 15) is 8.78 Å². The summed E-state index contributed by atoms with van der Waals surface area (Å²) in [6, 6.07) is 6.04. The van der Waals surface area contributed by atoms with Gasteiger partial charge in [0.2, 0.25) is 0 Å². The number of hydrogen-bond acceptors (Lipinski definition) is 4. The summed E-state index contributed by atoms with van der Waals surface area (Å²) in [6.45, 7) is 0. The normalized spacial score (nSPS) is 9.94. The predicted molar refractivity (Wildman–Crippen MR) is 56.5 cm³/mol. The lowest BCUT2D eigenvalue weighted by molar-refractivity contribution is 0.585. The fraction of sp³-hybridized carbons (Fsp3) is 0. The van der Waals surface area contributed by atoms with E-state index in [2.05, 4.69) is 9.97 Å². The third-order valence-electron chi connectivity index (χ3n) is 2.03. The molecule has 0 unspecified atom stereocenters. The molecule has 1 heterocycles. The predicted octanol–water partition coefficient (Wildman–Crippen LogP) is 1.88. The van der Waals surface area contributed by atoms with E-state index in [1.807, 2.05) is 0 Å². The van der Waals surface area contributed by atoms with Crippen LogP contribution in [0, 0.1) is 23.0 Å². The zero-order chi connectivity index (χ0) is 12.4. The van der Waals surface area contributed by atoms with Gasteiger partial charge in [-0.2, -0.15) is 5.26 Å². The van der Waals surface area contributed by atoms with Crippen molar-refractivity contribution in [2.75, 3.05) is 5.73 Å². The molecule has 2 aromatic rings. The Balaban J connectivity index is 2.61. The fourth-order valence-electron chi connectivity index (χ4n) is 1.31. The van der Waals surface area contributed by atoms with Gasteiger partial charge in [-0.05, 0) is 12.1 Å². The van der Waals surface area contributed by atoms with Gasteiger partial charge in [0.05, 0.1) is 5.56 Å². The molecule has 4 nitrogen and oxygen atoms in total. The molecule has 0 aliphatic heterocycles. The second kappa shape index (κ2) is 4.14. The minimum absolute atomic E-state index is 0.00444. The molecule has 0 bridgehead atoms. The largest absolute Gasteiger partial charge is 0.384 e. The fourth-order valence-corrected chi connectivity index (χ4v) is 1.31. The summed E-state index contributed by atoms with van der Waals surface area (Å²) in [7, 11) is 0. The molecule has 0 spiro atoms.